The van der Waals surface area contributed by atoms with E-state index >= 15 is 0 Å². The minimum atomic E-state index is -0.345. The van der Waals surface area contributed by atoms with E-state index in [1.54, 1.807) is 6.07 Å². The third-order valence-electron chi connectivity index (χ3n) is 3.30. The molecule has 0 fully saturated rings. The number of hydrogen-bond donors (Lipinski definition) is 1. The van der Waals surface area contributed by atoms with Gasteiger partial charge in [-0.25, -0.2) is 0 Å². The highest BCUT2D eigenvalue weighted by atomic mass is 16.6. The van der Waals surface area contributed by atoms with Gasteiger partial charge in [-0.2, -0.15) is 5.10 Å². The summed E-state index contributed by atoms with van der Waals surface area (Å²) < 4.78 is 1.87. The molecule has 1 N–H and O–H groups in total. The summed E-state index contributed by atoms with van der Waals surface area (Å²) in [5.74, 6) is 0. The van der Waals surface area contributed by atoms with Crippen LogP contribution >= 0.6 is 0 Å². The van der Waals surface area contributed by atoms with Gasteiger partial charge in [-0.15, -0.1) is 0 Å². The van der Waals surface area contributed by atoms with Crippen molar-refractivity contribution >= 4 is 11.4 Å². The summed E-state index contributed by atoms with van der Waals surface area (Å²) in [6, 6.07) is 7.15. The second-order valence-electron chi connectivity index (χ2n) is 5.08. The number of para-hydroxylation sites is 1. The fourth-order valence-corrected chi connectivity index (χ4v) is 2.32. The summed E-state index contributed by atoms with van der Waals surface area (Å²) >= 11 is 0. The number of benzene rings is 1. The van der Waals surface area contributed by atoms with Crippen LogP contribution in [0.5, 0.6) is 0 Å². The van der Waals surface area contributed by atoms with Crippen LogP contribution in [0.1, 0.15) is 30.3 Å². The van der Waals surface area contributed by atoms with Gasteiger partial charge in [0, 0.05) is 23.9 Å². The van der Waals surface area contributed by atoms with Crippen LogP contribution in [0.3, 0.4) is 0 Å². The smallest absolute Gasteiger partial charge is 0.292 e. The van der Waals surface area contributed by atoms with Gasteiger partial charge in [0.25, 0.3) is 5.69 Å². The number of nitrogens with zero attached hydrogens (tertiary/aromatic N) is 3. The molecular formula is C15H20N4O2. The molecule has 21 heavy (non-hydrogen) atoms. The summed E-state index contributed by atoms with van der Waals surface area (Å²) in [7, 11) is 0. The molecule has 112 valence electrons. The Labute approximate surface area is 123 Å². The molecule has 2 aromatic rings. The predicted octanol–water partition coefficient (Wildman–Crippen LogP) is 3.28. The van der Waals surface area contributed by atoms with E-state index in [1.165, 1.54) is 6.07 Å². The molecule has 0 unspecified atom stereocenters. The van der Waals surface area contributed by atoms with Crippen molar-refractivity contribution in [1.29, 1.82) is 0 Å². The molecular weight excluding hydrogens is 268 g/mol. The second kappa shape index (κ2) is 6.39. The average Bonchev–Trinajstić information content (AvgIpc) is 2.75. The summed E-state index contributed by atoms with van der Waals surface area (Å²) in [4.78, 5) is 10.9. The van der Waals surface area contributed by atoms with E-state index in [2.05, 4.69) is 10.4 Å². The van der Waals surface area contributed by atoms with E-state index in [9.17, 15) is 10.1 Å². The van der Waals surface area contributed by atoms with Crippen LogP contribution in [0.4, 0.5) is 11.4 Å². The molecule has 1 aromatic carbocycles. The van der Waals surface area contributed by atoms with Gasteiger partial charge >= 0.3 is 0 Å². The summed E-state index contributed by atoms with van der Waals surface area (Å²) in [5.41, 5.74) is 3.57. The van der Waals surface area contributed by atoms with E-state index in [1.807, 2.05) is 37.6 Å². The lowest BCUT2D eigenvalue weighted by Crippen LogP contribution is -2.10. The molecule has 0 saturated heterocycles. The molecule has 0 spiro atoms. The van der Waals surface area contributed by atoms with Crippen LogP contribution in [-0.2, 0) is 6.54 Å². The lowest BCUT2D eigenvalue weighted by Gasteiger charge is -2.12. The molecule has 0 amide bonds. The van der Waals surface area contributed by atoms with Crippen LogP contribution in [-0.4, -0.2) is 21.2 Å². The molecule has 0 radical (unpaired) electrons. The van der Waals surface area contributed by atoms with E-state index in [4.69, 9.17) is 0 Å². The summed E-state index contributed by atoms with van der Waals surface area (Å²) in [6.07, 6.45) is 0.908. The third kappa shape index (κ3) is 3.39. The first-order chi connectivity index (χ1) is 10.0. The van der Waals surface area contributed by atoms with Crippen molar-refractivity contribution in [3.05, 3.63) is 51.3 Å². The maximum atomic E-state index is 11.2. The highest BCUT2D eigenvalue weighted by molar-refractivity contribution is 5.66. The monoisotopic (exact) mass is 288 g/mol. The standard InChI is InChI=1S/C15H20N4O2/c1-4-8-16-15-13(6-5-7-14(15)19(20)21)10-18-12(3)9-11(2)17-18/h5-7,9,16H,4,8,10H2,1-3H3. The SMILES string of the molecule is CCCNc1c(Cn2nc(C)cc2C)cccc1[N+](=O)[O-]. The molecule has 0 bridgehead atoms. The molecule has 6 nitrogen and oxygen atoms in total. The maximum Gasteiger partial charge on any atom is 0.292 e. The Kier molecular flexibility index (Phi) is 4.57. The zero-order valence-corrected chi connectivity index (χ0v) is 12.6. The molecule has 0 aliphatic rings. The van der Waals surface area contributed by atoms with Crippen LogP contribution in [0.2, 0.25) is 0 Å². The first kappa shape index (κ1) is 15.0. The number of nitro groups is 1. The van der Waals surface area contributed by atoms with Crippen molar-refractivity contribution in [1.82, 2.24) is 9.78 Å². The lowest BCUT2D eigenvalue weighted by molar-refractivity contribution is -0.384. The minimum absolute atomic E-state index is 0.113. The van der Waals surface area contributed by atoms with E-state index in [-0.39, 0.29) is 10.6 Å². The van der Waals surface area contributed by atoms with Gasteiger partial charge in [-0.05, 0) is 26.3 Å². The first-order valence-electron chi connectivity index (χ1n) is 7.04. The Morgan fingerprint density at radius 1 is 1.38 bits per heavy atom. The van der Waals surface area contributed by atoms with E-state index in [0.717, 1.165) is 23.4 Å². The van der Waals surface area contributed by atoms with Gasteiger partial charge in [0.2, 0.25) is 0 Å². The van der Waals surface area contributed by atoms with Crippen molar-refractivity contribution in [3.8, 4) is 0 Å². The van der Waals surface area contributed by atoms with Crippen molar-refractivity contribution in [2.45, 2.75) is 33.7 Å². The molecule has 0 aliphatic heterocycles. The third-order valence-corrected chi connectivity index (χ3v) is 3.30. The Hall–Kier alpha value is -2.37. The molecule has 0 aliphatic carbocycles. The summed E-state index contributed by atoms with van der Waals surface area (Å²) in [6.45, 7) is 7.18. The van der Waals surface area contributed by atoms with Gasteiger partial charge in [0.1, 0.15) is 5.69 Å². The van der Waals surface area contributed by atoms with Gasteiger partial charge in [-0.1, -0.05) is 19.1 Å². The molecule has 1 aromatic heterocycles. The Morgan fingerprint density at radius 3 is 2.71 bits per heavy atom. The van der Waals surface area contributed by atoms with Crippen molar-refractivity contribution in [2.24, 2.45) is 0 Å². The Bertz CT molecular complexity index is 649. The zero-order valence-electron chi connectivity index (χ0n) is 12.6. The van der Waals surface area contributed by atoms with Gasteiger partial charge in [-0.3, -0.25) is 14.8 Å². The predicted molar refractivity (Wildman–Crippen MR) is 82.7 cm³/mol. The maximum absolute atomic E-state index is 11.2. The fraction of sp³-hybridized carbons (Fsp3) is 0.400. The van der Waals surface area contributed by atoms with Crippen molar-refractivity contribution < 1.29 is 4.92 Å². The number of nitro benzene ring substituents is 1. The number of rotatable bonds is 6. The van der Waals surface area contributed by atoms with Crippen LogP contribution in [0.15, 0.2) is 24.3 Å². The van der Waals surface area contributed by atoms with E-state index < -0.39 is 0 Å². The molecule has 6 heteroatoms. The zero-order chi connectivity index (χ0) is 15.4. The Balaban J connectivity index is 2.39. The lowest BCUT2D eigenvalue weighted by atomic mass is 10.1. The molecule has 0 atom stereocenters. The largest absolute Gasteiger partial charge is 0.379 e. The van der Waals surface area contributed by atoms with Gasteiger partial charge < -0.3 is 5.32 Å². The minimum Gasteiger partial charge on any atom is -0.379 e. The molecule has 0 saturated carbocycles. The fourth-order valence-electron chi connectivity index (χ4n) is 2.32. The first-order valence-corrected chi connectivity index (χ1v) is 7.04. The van der Waals surface area contributed by atoms with E-state index in [0.29, 0.717) is 18.8 Å². The number of hydrogen-bond acceptors (Lipinski definition) is 4. The highest BCUT2D eigenvalue weighted by Gasteiger charge is 2.17. The molecule has 1 heterocycles. The number of aromatic nitrogens is 2. The van der Waals surface area contributed by atoms with Crippen molar-refractivity contribution in [2.75, 3.05) is 11.9 Å². The number of anilines is 1. The van der Waals surface area contributed by atoms with Gasteiger partial charge in [0.05, 0.1) is 17.2 Å². The van der Waals surface area contributed by atoms with Crippen LogP contribution < -0.4 is 5.32 Å². The normalized spacial score (nSPS) is 10.6. The van der Waals surface area contributed by atoms with Gasteiger partial charge in [0.15, 0.2) is 0 Å². The highest BCUT2D eigenvalue weighted by Crippen LogP contribution is 2.29. The Morgan fingerprint density at radius 2 is 2.14 bits per heavy atom. The van der Waals surface area contributed by atoms with Crippen LogP contribution in [0.25, 0.3) is 0 Å². The number of aryl methyl sites for hydroxylation is 2. The summed E-state index contributed by atoms with van der Waals surface area (Å²) in [5, 5.41) is 18.8. The average molecular weight is 288 g/mol. The quantitative estimate of drug-likeness (QED) is 0.654. The second-order valence-corrected chi connectivity index (χ2v) is 5.08. The topological polar surface area (TPSA) is 73.0 Å². The van der Waals surface area contributed by atoms with Crippen LogP contribution in [0, 0.1) is 24.0 Å². The number of nitrogens with one attached hydrogen (secondary N) is 1. The molecule has 2 rings (SSSR count). The van der Waals surface area contributed by atoms with Crippen molar-refractivity contribution in [3.63, 3.8) is 0 Å².